The van der Waals surface area contributed by atoms with Gasteiger partial charge in [0.1, 0.15) is 0 Å². The maximum Gasteiger partial charge on any atom is 0.313 e. The van der Waals surface area contributed by atoms with E-state index < -0.39 is 17.7 Å². The predicted octanol–water partition coefficient (Wildman–Crippen LogP) is 2.24. The highest BCUT2D eigenvalue weighted by Gasteiger charge is 2.10. The Balaban J connectivity index is 2.51. The summed E-state index contributed by atoms with van der Waals surface area (Å²) >= 11 is 6.47. The summed E-state index contributed by atoms with van der Waals surface area (Å²) in [6, 6.07) is 4.25. The molecule has 7 heteroatoms. The number of nitrogens with one attached hydrogen (secondary N) is 1. The second-order valence-corrected chi connectivity index (χ2v) is 4.43. The Morgan fingerprint density at radius 1 is 1.41 bits per heavy atom. The first-order valence-electron chi connectivity index (χ1n) is 4.54. The Bertz CT molecular complexity index is 442. The third-order valence-electron chi connectivity index (χ3n) is 1.68. The number of carboxylic acid groups (broad SMARTS) is 1. The maximum absolute atomic E-state index is 13.4. The van der Waals surface area contributed by atoms with Crippen LogP contribution in [0.5, 0.6) is 0 Å². The van der Waals surface area contributed by atoms with E-state index in [0.717, 1.165) is 11.8 Å². The van der Waals surface area contributed by atoms with Gasteiger partial charge in [0.05, 0.1) is 22.2 Å². The van der Waals surface area contributed by atoms with Crippen molar-refractivity contribution in [3.8, 4) is 0 Å². The van der Waals surface area contributed by atoms with Crippen molar-refractivity contribution < 1.29 is 19.1 Å². The van der Waals surface area contributed by atoms with E-state index in [0.29, 0.717) is 0 Å². The van der Waals surface area contributed by atoms with Crippen LogP contribution in [0.3, 0.4) is 0 Å². The number of carbonyl (C=O) groups is 2. The Morgan fingerprint density at radius 2 is 2.12 bits per heavy atom. The molecule has 0 unspecified atom stereocenters. The minimum atomic E-state index is -1.00. The van der Waals surface area contributed by atoms with E-state index in [9.17, 15) is 14.0 Å². The van der Waals surface area contributed by atoms with Crippen molar-refractivity contribution in [1.82, 2.24) is 0 Å². The fraction of sp³-hybridized carbons (Fsp3) is 0.200. The zero-order valence-electron chi connectivity index (χ0n) is 8.57. The van der Waals surface area contributed by atoms with E-state index in [2.05, 4.69) is 5.32 Å². The van der Waals surface area contributed by atoms with E-state index in [1.807, 2.05) is 0 Å². The van der Waals surface area contributed by atoms with Crippen molar-refractivity contribution in [2.45, 2.75) is 0 Å². The molecule has 1 aromatic carbocycles. The average molecular weight is 278 g/mol. The van der Waals surface area contributed by atoms with Gasteiger partial charge >= 0.3 is 5.97 Å². The van der Waals surface area contributed by atoms with Crippen LogP contribution >= 0.6 is 23.4 Å². The molecule has 1 rings (SSSR count). The van der Waals surface area contributed by atoms with Crippen molar-refractivity contribution in [2.75, 3.05) is 16.8 Å². The highest BCUT2D eigenvalue weighted by atomic mass is 35.5. The summed E-state index contributed by atoms with van der Waals surface area (Å²) in [7, 11) is 0. The molecule has 0 aliphatic heterocycles. The van der Waals surface area contributed by atoms with Gasteiger partial charge in [-0.2, -0.15) is 0 Å². The number of hydrogen-bond donors (Lipinski definition) is 2. The number of carboxylic acids is 1. The van der Waals surface area contributed by atoms with Crippen LogP contribution in [-0.4, -0.2) is 28.5 Å². The lowest BCUT2D eigenvalue weighted by atomic mass is 10.3. The molecule has 0 bridgehead atoms. The third kappa shape index (κ3) is 4.62. The molecule has 1 aromatic rings. The Morgan fingerprint density at radius 3 is 2.76 bits per heavy atom. The molecule has 1 amide bonds. The standard InChI is InChI=1S/C10H9ClFNO3S/c11-6-2-1-3-7(10(6)12)13-8(14)4-17-5-9(15)16/h1-3H,4-5H2,(H,13,14)(H,15,16). The highest BCUT2D eigenvalue weighted by molar-refractivity contribution is 8.00. The summed E-state index contributed by atoms with van der Waals surface area (Å²) in [5.41, 5.74) is -0.0153. The molecule has 0 aliphatic rings. The van der Waals surface area contributed by atoms with Gasteiger partial charge in [-0.3, -0.25) is 9.59 Å². The first-order chi connectivity index (χ1) is 8.00. The molecule has 92 valence electrons. The van der Waals surface area contributed by atoms with E-state index in [1.165, 1.54) is 18.2 Å². The number of carbonyl (C=O) groups excluding carboxylic acids is 1. The van der Waals surface area contributed by atoms with Crippen LogP contribution in [0.25, 0.3) is 0 Å². The molecule has 0 spiro atoms. The largest absolute Gasteiger partial charge is 0.481 e. The highest BCUT2D eigenvalue weighted by Crippen LogP contribution is 2.22. The first kappa shape index (κ1) is 13.8. The fourth-order valence-corrected chi connectivity index (χ4v) is 1.73. The summed E-state index contributed by atoms with van der Waals surface area (Å²) in [5.74, 6) is -2.41. The molecule has 0 atom stereocenters. The quantitative estimate of drug-likeness (QED) is 0.866. The predicted molar refractivity (Wildman–Crippen MR) is 65.0 cm³/mol. The number of anilines is 1. The zero-order chi connectivity index (χ0) is 12.8. The van der Waals surface area contributed by atoms with Gasteiger partial charge in [-0.05, 0) is 12.1 Å². The first-order valence-corrected chi connectivity index (χ1v) is 6.07. The number of aliphatic carboxylic acids is 1. The molecule has 0 aromatic heterocycles. The van der Waals surface area contributed by atoms with Gasteiger partial charge in [-0.25, -0.2) is 4.39 Å². The number of rotatable bonds is 5. The Kier molecular flexibility index (Phi) is 5.24. The molecule has 0 radical (unpaired) electrons. The molecule has 0 saturated carbocycles. The van der Waals surface area contributed by atoms with E-state index in [-0.39, 0.29) is 22.2 Å². The van der Waals surface area contributed by atoms with Crippen molar-refractivity contribution in [3.63, 3.8) is 0 Å². The summed E-state index contributed by atoms with van der Waals surface area (Å²) < 4.78 is 13.4. The van der Waals surface area contributed by atoms with Gasteiger partial charge < -0.3 is 10.4 Å². The van der Waals surface area contributed by atoms with Gasteiger partial charge in [-0.15, -0.1) is 11.8 Å². The second kappa shape index (κ2) is 6.46. The van der Waals surface area contributed by atoms with Gasteiger partial charge in [0.2, 0.25) is 5.91 Å². The number of hydrogen-bond acceptors (Lipinski definition) is 3. The molecule has 4 nitrogen and oxygen atoms in total. The Hall–Kier alpha value is -1.27. The average Bonchev–Trinajstić information content (AvgIpc) is 2.24. The van der Waals surface area contributed by atoms with Crippen LogP contribution in [-0.2, 0) is 9.59 Å². The number of benzene rings is 1. The second-order valence-electron chi connectivity index (χ2n) is 3.04. The van der Waals surface area contributed by atoms with Gasteiger partial charge in [0.15, 0.2) is 5.82 Å². The zero-order valence-corrected chi connectivity index (χ0v) is 10.1. The van der Waals surface area contributed by atoms with E-state index >= 15 is 0 Å². The van der Waals surface area contributed by atoms with Gasteiger partial charge in [-0.1, -0.05) is 17.7 Å². The van der Waals surface area contributed by atoms with Crippen LogP contribution in [0.15, 0.2) is 18.2 Å². The van der Waals surface area contributed by atoms with E-state index in [4.69, 9.17) is 16.7 Å². The normalized spacial score (nSPS) is 10.0. The number of amides is 1. The monoisotopic (exact) mass is 277 g/mol. The minimum Gasteiger partial charge on any atom is -0.481 e. The topological polar surface area (TPSA) is 66.4 Å². The van der Waals surface area contributed by atoms with Crippen molar-refractivity contribution in [1.29, 1.82) is 0 Å². The SMILES string of the molecule is O=C(O)CSCC(=O)Nc1cccc(Cl)c1F. The Labute approximate surface area is 106 Å². The molecule has 2 N–H and O–H groups in total. The number of halogens is 2. The van der Waals surface area contributed by atoms with Crippen LogP contribution in [0.4, 0.5) is 10.1 Å². The summed E-state index contributed by atoms with van der Waals surface area (Å²) in [6.07, 6.45) is 0. The van der Waals surface area contributed by atoms with Gasteiger partial charge in [0.25, 0.3) is 0 Å². The lowest BCUT2D eigenvalue weighted by molar-refractivity contribution is -0.133. The van der Waals surface area contributed by atoms with E-state index in [1.54, 1.807) is 0 Å². The van der Waals surface area contributed by atoms with Crippen molar-refractivity contribution in [3.05, 3.63) is 29.0 Å². The maximum atomic E-state index is 13.4. The lowest BCUT2D eigenvalue weighted by Crippen LogP contribution is -2.16. The molecule has 0 heterocycles. The van der Waals surface area contributed by atoms with Crippen LogP contribution in [0.2, 0.25) is 5.02 Å². The summed E-state index contributed by atoms with van der Waals surface area (Å²) in [6.45, 7) is 0. The van der Waals surface area contributed by atoms with Crippen molar-refractivity contribution >= 4 is 40.9 Å². The summed E-state index contributed by atoms with van der Waals surface area (Å²) in [5, 5.41) is 10.6. The summed E-state index contributed by atoms with van der Waals surface area (Å²) in [4.78, 5) is 21.5. The van der Waals surface area contributed by atoms with Gasteiger partial charge in [0, 0.05) is 0 Å². The van der Waals surface area contributed by atoms with Crippen molar-refractivity contribution in [2.24, 2.45) is 0 Å². The molecule has 0 aliphatic carbocycles. The molecule has 0 saturated heterocycles. The lowest BCUT2D eigenvalue weighted by Gasteiger charge is -2.06. The third-order valence-corrected chi connectivity index (χ3v) is 2.89. The number of thioether (sulfide) groups is 1. The molecular formula is C10H9ClFNO3S. The minimum absolute atomic E-state index is 0.0153. The molecular weight excluding hydrogens is 269 g/mol. The molecule has 17 heavy (non-hydrogen) atoms. The fourth-order valence-electron chi connectivity index (χ4n) is 1.02. The van der Waals surface area contributed by atoms with Crippen LogP contribution in [0, 0.1) is 5.82 Å². The molecule has 0 fully saturated rings. The van der Waals surface area contributed by atoms with Crippen LogP contribution in [0.1, 0.15) is 0 Å². The smallest absolute Gasteiger partial charge is 0.313 e. The van der Waals surface area contributed by atoms with Crippen LogP contribution < -0.4 is 5.32 Å².